The van der Waals surface area contributed by atoms with E-state index < -0.39 is 76.8 Å². The summed E-state index contributed by atoms with van der Waals surface area (Å²) in [7, 11) is 5.92. The van der Waals surface area contributed by atoms with Crippen LogP contribution in [0.15, 0.2) is 54.1 Å². The first-order valence-corrected chi connectivity index (χ1v) is 27.4. The number of anilines is 1. The molecular formula is C57H69ClN4O13S. The number of imide groups is 1. The molecule has 8 rings (SSSR count). The van der Waals surface area contributed by atoms with Crippen LogP contribution >= 0.6 is 23.4 Å². The van der Waals surface area contributed by atoms with Gasteiger partial charge in [-0.2, -0.15) is 0 Å². The van der Waals surface area contributed by atoms with E-state index in [1.165, 1.54) is 54.7 Å². The Hall–Kier alpha value is -5.71. The Morgan fingerprint density at radius 1 is 1.11 bits per heavy atom. The number of halogens is 1. The molecule has 76 heavy (non-hydrogen) atoms. The van der Waals surface area contributed by atoms with Crippen LogP contribution in [0.1, 0.15) is 113 Å². The van der Waals surface area contributed by atoms with Gasteiger partial charge in [0.25, 0.3) is 0 Å². The van der Waals surface area contributed by atoms with E-state index in [9.17, 15) is 38.7 Å². The predicted octanol–water partition coefficient (Wildman–Crippen LogP) is 6.71. The molecule has 5 fully saturated rings. The maximum atomic E-state index is 14.4. The molecule has 17 nitrogen and oxygen atoms in total. The summed E-state index contributed by atoms with van der Waals surface area (Å²) in [5, 5.41) is 13.9. The number of allylic oxidation sites excluding steroid dienone is 3. The van der Waals surface area contributed by atoms with E-state index in [0.717, 1.165) is 42.2 Å². The van der Waals surface area contributed by atoms with Crippen molar-refractivity contribution in [2.75, 3.05) is 39.0 Å². The number of carbonyl (C=O) groups is 7. The second-order valence-corrected chi connectivity index (χ2v) is 23.4. The van der Waals surface area contributed by atoms with Gasteiger partial charge in [0.15, 0.2) is 12.0 Å². The number of benzene rings is 2. The average Bonchev–Trinajstić information content (AvgIpc) is 4.32. The van der Waals surface area contributed by atoms with Crippen LogP contribution < -0.4 is 15.0 Å². The Labute approximate surface area is 453 Å². The van der Waals surface area contributed by atoms with Gasteiger partial charge in [-0.05, 0) is 99.1 Å². The molecule has 6 aliphatic rings. The lowest BCUT2D eigenvalue weighted by molar-refractivity contribution is -0.162. The van der Waals surface area contributed by atoms with Crippen LogP contribution in [-0.2, 0) is 54.8 Å². The van der Waals surface area contributed by atoms with Crippen molar-refractivity contribution in [3.63, 3.8) is 0 Å². The van der Waals surface area contributed by atoms with Crippen molar-refractivity contribution in [3.8, 4) is 18.1 Å². The van der Waals surface area contributed by atoms with Crippen molar-refractivity contribution < 1.29 is 62.4 Å². The molecule has 4 aliphatic heterocycles. The van der Waals surface area contributed by atoms with Crippen LogP contribution in [-0.4, -0.2) is 144 Å². The number of thioether (sulfide) groups is 1. The van der Waals surface area contributed by atoms with E-state index in [2.05, 4.69) is 18.2 Å². The fraction of sp³-hybridized carbons (Fsp3) is 0.561. The van der Waals surface area contributed by atoms with Crippen LogP contribution in [0.2, 0.25) is 5.02 Å². The van der Waals surface area contributed by atoms with Gasteiger partial charge in [-0.1, -0.05) is 67.7 Å². The highest BCUT2D eigenvalue weighted by atomic mass is 35.5. The molecule has 2 aromatic carbocycles. The normalized spacial score (nSPS) is 33.9. The number of rotatable bonds is 12. The first-order chi connectivity index (χ1) is 36.0. The number of ether oxygens (including phenoxy) is 5. The molecule has 2 saturated carbocycles. The molecule has 13 atom stereocenters. The molecule has 0 spiro atoms. The van der Waals surface area contributed by atoms with Gasteiger partial charge in [-0.3, -0.25) is 34.2 Å². The minimum Gasteiger partial charge on any atom is -0.495 e. The number of hydrogen-bond acceptors (Lipinski definition) is 14. The molecule has 5 amide bonds. The van der Waals surface area contributed by atoms with Crippen LogP contribution in [0, 0.1) is 30.1 Å². The highest BCUT2D eigenvalue weighted by Gasteiger charge is 2.65. The Morgan fingerprint density at radius 3 is 2.55 bits per heavy atom. The van der Waals surface area contributed by atoms with Gasteiger partial charge in [0.05, 0.1) is 30.6 Å². The lowest BCUT2D eigenvalue weighted by atomic mass is 9.83. The summed E-state index contributed by atoms with van der Waals surface area (Å²) in [4.78, 5) is 99.1. The van der Waals surface area contributed by atoms with Gasteiger partial charge >= 0.3 is 12.1 Å². The molecule has 0 radical (unpaired) electrons. The van der Waals surface area contributed by atoms with E-state index in [4.69, 9.17) is 41.7 Å². The molecular weight excluding hydrogens is 1020 g/mol. The van der Waals surface area contributed by atoms with Crippen molar-refractivity contribution in [2.45, 2.75) is 151 Å². The minimum atomic E-state index is -1.88. The summed E-state index contributed by atoms with van der Waals surface area (Å²) in [6.07, 6.45) is 10.1. The summed E-state index contributed by atoms with van der Waals surface area (Å²) >= 11 is 8.09. The summed E-state index contributed by atoms with van der Waals surface area (Å²) in [6.45, 7) is 9.00. The summed E-state index contributed by atoms with van der Waals surface area (Å²) in [5.74, 6) is 0.586. The van der Waals surface area contributed by atoms with Gasteiger partial charge in [0, 0.05) is 69.3 Å². The lowest BCUT2D eigenvalue weighted by Crippen LogP contribution is -2.63. The Kier molecular flexibility index (Phi) is 16.6. The smallest absolute Gasteiger partial charge is 0.409 e. The highest BCUT2D eigenvalue weighted by molar-refractivity contribution is 8.00. The largest absolute Gasteiger partial charge is 0.495 e. The number of nitrogens with one attached hydrogen (secondary N) is 1. The monoisotopic (exact) mass is 1080 g/mol. The Morgan fingerprint density at radius 2 is 1.86 bits per heavy atom. The van der Waals surface area contributed by atoms with Crippen molar-refractivity contribution in [3.05, 3.63) is 81.4 Å². The second-order valence-electron chi connectivity index (χ2n) is 21.7. The number of terminal acetylenes is 1. The molecule has 408 valence electrons. The van der Waals surface area contributed by atoms with Gasteiger partial charge < -0.3 is 38.6 Å². The summed E-state index contributed by atoms with van der Waals surface area (Å²) < 4.78 is 29.6. The van der Waals surface area contributed by atoms with Crippen molar-refractivity contribution in [1.29, 1.82) is 0 Å². The first kappa shape index (κ1) is 56.5. The quantitative estimate of drug-likeness (QED) is 0.0745. The fourth-order valence-electron chi connectivity index (χ4n) is 12.2. The number of alkyl carbamates (subject to hydrolysis) is 1. The fourth-order valence-corrected chi connectivity index (χ4v) is 13.6. The Balaban J connectivity index is 0.938. The number of methoxy groups -OCH3 is 2. The van der Waals surface area contributed by atoms with Gasteiger partial charge in [0.2, 0.25) is 23.6 Å². The van der Waals surface area contributed by atoms with Crippen molar-refractivity contribution in [1.82, 2.24) is 15.1 Å². The average molecular weight is 1090 g/mol. The standard InChI is InChI=1S/C57H69ClN4O13S/c1-11-36-17-18-38(25-37(36)30-63)56-20-13-15-40(32(3)39(56)28-56)62-49(66)26-44(52(62)67)76-21-19-47(64)60(7)34(5)53(68)74-46-27-48(65)61(8)41-23-35(24-42(71-9)50(41)58)22-31(2)14-12-16-45(72-10)57(70)29-43(73-54(69)59-57)33(4)51-55(46,6)75-51/h1,12,14,16-18,23-25,30,32-34,39-40,43-46,51,70H,13,15,19-22,26-29H2,2-10H3,(H,59,69)/b16-12+,31-14+/t32-,33+,34-,39?,40?,43-,44?,45+,46-,51-,55-,56?,57-/m0/s1. The zero-order valence-corrected chi connectivity index (χ0v) is 46.2. The van der Waals surface area contributed by atoms with E-state index in [1.807, 2.05) is 31.2 Å². The van der Waals surface area contributed by atoms with Crippen LogP contribution in [0.3, 0.4) is 0 Å². The van der Waals surface area contributed by atoms with Crippen molar-refractivity contribution >= 4 is 71.0 Å². The van der Waals surface area contributed by atoms with E-state index in [-0.39, 0.29) is 71.6 Å². The second kappa shape index (κ2) is 22.3. The number of esters is 1. The topological polar surface area (TPSA) is 211 Å². The van der Waals surface area contributed by atoms with Gasteiger partial charge in [0.1, 0.15) is 40.7 Å². The maximum absolute atomic E-state index is 14.4. The summed E-state index contributed by atoms with van der Waals surface area (Å²) in [6, 6.07) is 7.86. The molecule has 3 saturated heterocycles. The minimum absolute atomic E-state index is 0.0233. The molecule has 0 aromatic heterocycles. The molecule has 4 bridgehead atoms. The van der Waals surface area contributed by atoms with Gasteiger partial charge in [-0.15, -0.1) is 18.2 Å². The number of carbonyl (C=O) groups excluding carboxylic acids is 7. The molecule has 4 unspecified atom stereocenters. The number of likely N-dealkylation sites (N-methyl/N-ethyl adjacent to an activating group) is 1. The third kappa shape index (κ3) is 10.9. The number of likely N-dealkylation sites (tertiary alicyclic amines) is 1. The molecule has 4 heterocycles. The summed E-state index contributed by atoms with van der Waals surface area (Å²) in [5.41, 5.74) is 0.794. The zero-order chi connectivity index (χ0) is 55.2. The molecule has 2 aromatic rings. The number of aliphatic hydroxyl groups is 1. The third-order valence-electron chi connectivity index (χ3n) is 17.0. The predicted molar refractivity (Wildman–Crippen MR) is 285 cm³/mol. The SMILES string of the molecule is C#Cc1ccc(C23CCCC(N4C(=O)CC(SCCC(=O)N(C)[C@@H](C)C(=O)O[C@H]5CC(=O)N(C)c6cc(cc(OC)c6Cl)C/C(C)=C/C=C/[C@@H](OC)[C@@]6(O)C[C@H](OC(=O)N6)[C@@H](C)[C@@H]6O[C@@]56C)C4=O)[C@@H](C)C2C3)cc1C=O. The maximum Gasteiger partial charge on any atom is 0.409 e. The number of amides is 5. The molecule has 2 N–H and O–H groups in total. The van der Waals surface area contributed by atoms with E-state index in [1.54, 1.807) is 45.2 Å². The Bertz CT molecular complexity index is 2780. The highest BCUT2D eigenvalue weighted by Crippen LogP contribution is 2.64. The number of aldehydes is 1. The number of hydrogen-bond donors (Lipinski definition) is 2. The first-order valence-electron chi connectivity index (χ1n) is 25.9. The zero-order valence-electron chi connectivity index (χ0n) is 44.6. The van der Waals surface area contributed by atoms with E-state index >= 15 is 0 Å². The van der Waals surface area contributed by atoms with Crippen LogP contribution in [0.5, 0.6) is 5.75 Å². The number of epoxide rings is 1. The number of fused-ring (bicyclic) bond motifs is 6. The number of nitrogens with zero attached hydrogens (tertiary/aromatic N) is 3. The molecule has 2 aliphatic carbocycles. The molecule has 19 heteroatoms. The lowest BCUT2D eigenvalue weighted by Gasteiger charge is -2.42. The van der Waals surface area contributed by atoms with Crippen LogP contribution in [0.25, 0.3) is 0 Å². The van der Waals surface area contributed by atoms with Crippen LogP contribution in [0.4, 0.5) is 10.5 Å². The van der Waals surface area contributed by atoms with Gasteiger partial charge in [-0.25, -0.2) is 9.59 Å². The van der Waals surface area contributed by atoms with Crippen molar-refractivity contribution in [2.24, 2.45) is 17.8 Å². The third-order valence-corrected chi connectivity index (χ3v) is 18.6. The van der Waals surface area contributed by atoms with E-state index in [0.29, 0.717) is 35.4 Å².